The fourth-order valence-corrected chi connectivity index (χ4v) is 1.34. The van der Waals surface area contributed by atoms with Crippen molar-refractivity contribution in [3.05, 3.63) is 30.1 Å². The molecule has 15 heavy (non-hydrogen) atoms. The van der Waals surface area contributed by atoms with Gasteiger partial charge in [0.1, 0.15) is 0 Å². The molecule has 1 aromatic heterocycles. The third kappa shape index (κ3) is 2.92. The standard InChI is InChI=1S/C10H12N2O3/c13-10(14)12(6-9-7-15-9)5-8-2-1-3-11-4-8/h1-4,9H,5-7H2,(H,13,14)/t9-/m1/s1. The zero-order valence-corrected chi connectivity index (χ0v) is 8.17. The van der Waals surface area contributed by atoms with Gasteiger partial charge in [0.05, 0.1) is 25.8 Å². The van der Waals surface area contributed by atoms with Gasteiger partial charge in [-0.3, -0.25) is 4.98 Å². The zero-order valence-electron chi connectivity index (χ0n) is 8.17. The Bertz CT molecular complexity index is 338. The van der Waals surface area contributed by atoms with E-state index in [4.69, 9.17) is 9.84 Å². The molecule has 1 saturated heterocycles. The van der Waals surface area contributed by atoms with Crippen LogP contribution in [0.5, 0.6) is 0 Å². The van der Waals surface area contributed by atoms with Crippen LogP contribution >= 0.6 is 0 Å². The number of carbonyl (C=O) groups is 1. The third-order valence-corrected chi connectivity index (χ3v) is 2.19. The number of rotatable bonds is 4. The summed E-state index contributed by atoms with van der Waals surface area (Å²) in [6, 6.07) is 3.65. The van der Waals surface area contributed by atoms with E-state index >= 15 is 0 Å². The summed E-state index contributed by atoms with van der Waals surface area (Å²) in [4.78, 5) is 16.2. The van der Waals surface area contributed by atoms with E-state index in [0.717, 1.165) is 5.56 Å². The first-order valence-electron chi connectivity index (χ1n) is 4.74. The van der Waals surface area contributed by atoms with Gasteiger partial charge in [-0.2, -0.15) is 0 Å². The van der Waals surface area contributed by atoms with Crippen LogP contribution in [0.2, 0.25) is 0 Å². The summed E-state index contributed by atoms with van der Waals surface area (Å²) in [6.07, 6.45) is 2.49. The van der Waals surface area contributed by atoms with E-state index in [9.17, 15) is 4.79 Å². The highest BCUT2D eigenvalue weighted by Crippen LogP contribution is 2.13. The largest absolute Gasteiger partial charge is 0.465 e. The summed E-state index contributed by atoms with van der Waals surface area (Å²) >= 11 is 0. The van der Waals surface area contributed by atoms with Crippen LogP contribution in [0.25, 0.3) is 0 Å². The molecule has 0 aliphatic carbocycles. The molecule has 1 aliphatic heterocycles. The molecule has 0 radical (unpaired) electrons. The van der Waals surface area contributed by atoms with Crippen LogP contribution in [0.15, 0.2) is 24.5 Å². The number of hydrogen-bond donors (Lipinski definition) is 1. The van der Waals surface area contributed by atoms with Gasteiger partial charge in [-0.1, -0.05) is 6.07 Å². The second-order valence-corrected chi connectivity index (χ2v) is 3.48. The summed E-state index contributed by atoms with van der Waals surface area (Å²) in [5.74, 6) is 0. The van der Waals surface area contributed by atoms with E-state index < -0.39 is 6.09 Å². The van der Waals surface area contributed by atoms with Gasteiger partial charge in [-0.25, -0.2) is 4.79 Å². The van der Waals surface area contributed by atoms with E-state index in [1.807, 2.05) is 6.07 Å². The quantitative estimate of drug-likeness (QED) is 0.748. The van der Waals surface area contributed by atoms with Crippen molar-refractivity contribution in [1.29, 1.82) is 0 Å². The van der Waals surface area contributed by atoms with Gasteiger partial charge in [-0.15, -0.1) is 0 Å². The Morgan fingerprint density at radius 2 is 2.53 bits per heavy atom. The normalized spacial score (nSPS) is 18.5. The molecular formula is C10H12N2O3. The summed E-state index contributed by atoms with van der Waals surface area (Å²) in [5, 5.41) is 8.96. The van der Waals surface area contributed by atoms with Crippen molar-refractivity contribution >= 4 is 6.09 Å². The molecular weight excluding hydrogens is 196 g/mol. The predicted octanol–water partition coefficient (Wildman–Crippen LogP) is 0.960. The van der Waals surface area contributed by atoms with Crippen molar-refractivity contribution in [2.45, 2.75) is 12.6 Å². The van der Waals surface area contributed by atoms with Crippen LogP contribution in [0.1, 0.15) is 5.56 Å². The first-order valence-corrected chi connectivity index (χ1v) is 4.74. The number of amides is 1. The fraction of sp³-hybridized carbons (Fsp3) is 0.400. The predicted molar refractivity (Wildman–Crippen MR) is 52.4 cm³/mol. The molecule has 2 rings (SSSR count). The number of epoxide rings is 1. The third-order valence-electron chi connectivity index (χ3n) is 2.19. The molecule has 1 atom stereocenters. The summed E-state index contributed by atoms with van der Waals surface area (Å²) in [7, 11) is 0. The average molecular weight is 208 g/mol. The smallest absolute Gasteiger partial charge is 0.407 e. The number of nitrogens with zero attached hydrogens (tertiary/aromatic N) is 2. The minimum atomic E-state index is -0.922. The Morgan fingerprint density at radius 1 is 1.73 bits per heavy atom. The first kappa shape index (κ1) is 9.92. The number of hydrogen-bond acceptors (Lipinski definition) is 3. The van der Waals surface area contributed by atoms with Crippen LogP contribution in [-0.2, 0) is 11.3 Å². The van der Waals surface area contributed by atoms with Crippen molar-refractivity contribution in [3.63, 3.8) is 0 Å². The molecule has 5 nitrogen and oxygen atoms in total. The van der Waals surface area contributed by atoms with Crippen LogP contribution in [-0.4, -0.2) is 40.3 Å². The monoisotopic (exact) mass is 208 g/mol. The SMILES string of the molecule is O=C(O)N(Cc1cccnc1)C[C@@H]1CO1. The second-order valence-electron chi connectivity index (χ2n) is 3.48. The number of ether oxygens (including phenoxy) is 1. The number of aromatic nitrogens is 1. The van der Waals surface area contributed by atoms with Crippen LogP contribution in [0.3, 0.4) is 0 Å². The maximum atomic E-state index is 10.9. The van der Waals surface area contributed by atoms with E-state index in [-0.39, 0.29) is 6.10 Å². The molecule has 1 amide bonds. The Kier molecular flexibility index (Phi) is 2.82. The molecule has 0 aromatic carbocycles. The lowest BCUT2D eigenvalue weighted by molar-refractivity contribution is 0.137. The zero-order chi connectivity index (χ0) is 10.7. The minimum absolute atomic E-state index is 0.0813. The number of pyridine rings is 1. The van der Waals surface area contributed by atoms with Crippen LogP contribution in [0, 0.1) is 0 Å². The van der Waals surface area contributed by atoms with Gasteiger partial charge in [0.15, 0.2) is 0 Å². The Labute approximate surface area is 87.3 Å². The Balaban J connectivity index is 1.96. The fourth-order valence-electron chi connectivity index (χ4n) is 1.34. The minimum Gasteiger partial charge on any atom is -0.465 e. The van der Waals surface area contributed by atoms with Gasteiger partial charge in [-0.05, 0) is 11.6 Å². The van der Waals surface area contributed by atoms with Crippen molar-refractivity contribution in [2.24, 2.45) is 0 Å². The summed E-state index contributed by atoms with van der Waals surface area (Å²) < 4.78 is 5.01. The summed E-state index contributed by atoms with van der Waals surface area (Å²) in [5.41, 5.74) is 0.889. The van der Waals surface area contributed by atoms with Gasteiger partial charge in [0, 0.05) is 12.4 Å². The maximum Gasteiger partial charge on any atom is 0.407 e. The average Bonchev–Trinajstić information content (AvgIpc) is 3.02. The molecule has 0 bridgehead atoms. The molecule has 5 heteroatoms. The lowest BCUT2D eigenvalue weighted by atomic mass is 10.2. The first-order chi connectivity index (χ1) is 7.25. The van der Waals surface area contributed by atoms with E-state index in [2.05, 4.69) is 4.98 Å². The van der Waals surface area contributed by atoms with Gasteiger partial charge >= 0.3 is 6.09 Å². The van der Waals surface area contributed by atoms with Crippen molar-refractivity contribution in [2.75, 3.05) is 13.2 Å². The summed E-state index contributed by atoms with van der Waals surface area (Å²) in [6.45, 7) is 1.46. The molecule has 2 heterocycles. The highest BCUT2D eigenvalue weighted by Gasteiger charge is 2.27. The van der Waals surface area contributed by atoms with E-state index in [1.54, 1.807) is 18.5 Å². The highest BCUT2D eigenvalue weighted by molar-refractivity contribution is 5.65. The number of carboxylic acid groups (broad SMARTS) is 1. The van der Waals surface area contributed by atoms with Crippen LogP contribution < -0.4 is 0 Å². The van der Waals surface area contributed by atoms with Crippen molar-refractivity contribution in [1.82, 2.24) is 9.88 Å². The van der Waals surface area contributed by atoms with Gasteiger partial charge in [0.25, 0.3) is 0 Å². The Morgan fingerprint density at radius 3 is 3.07 bits per heavy atom. The van der Waals surface area contributed by atoms with Gasteiger partial charge in [0.2, 0.25) is 0 Å². The Hall–Kier alpha value is -1.62. The molecule has 0 saturated carbocycles. The van der Waals surface area contributed by atoms with Gasteiger partial charge < -0.3 is 14.7 Å². The molecule has 1 N–H and O–H groups in total. The molecule has 1 aliphatic rings. The van der Waals surface area contributed by atoms with E-state index in [1.165, 1.54) is 4.90 Å². The maximum absolute atomic E-state index is 10.9. The molecule has 1 fully saturated rings. The van der Waals surface area contributed by atoms with E-state index in [0.29, 0.717) is 19.7 Å². The lowest BCUT2D eigenvalue weighted by Crippen LogP contribution is -2.32. The lowest BCUT2D eigenvalue weighted by Gasteiger charge is -2.17. The van der Waals surface area contributed by atoms with Crippen molar-refractivity contribution in [3.8, 4) is 0 Å². The van der Waals surface area contributed by atoms with Crippen LogP contribution in [0.4, 0.5) is 4.79 Å². The highest BCUT2D eigenvalue weighted by atomic mass is 16.6. The van der Waals surface area contributed by atoms with Crippen molar-refractivity contribution < 1.29 is 14.6 Å². The molecule has 80 valence electrons. The molecule has 0 unspecified atom stereocenters. The molecule has 0 spiro atoms. The topological polar surface area (TPSA) is 66.0 Å². The molecule has 1 aromatic rings. The second kappa shape index (κ2) is 4.27.